The van der Waals surface area contributed by atoms with Gasteiger partial charge in [-0.2, -0.15) is 0 Å². The summed E-state index contributed by atoms with van der Waals surface area (Å²) in [4.78, 5) is 12.2. The van der Waals surface area contributed by atoms with E-state index in [9.17, 15) is 9.90 Å². The minimum absolute atomic E-state index is 0.0395. The van der Waals surface area contributed by atoms with E-state index in [0.717, 1.165) is 45.1 Å². The molecule has 104 valence electrons. The average Bonchev–Trinajstić information content (AvgIpc) is 2.68. The predicted octanol–water partition coefficient (Wildman–Crippen LogP) is 1.33. The molecule has 1 saturated heterocycles. The molecule has 0 bridgehead atoms. The zero-order valence-corrected chi connectivity index (χ0v) is 11.4. The number of hydrogen-bond acceptors (Lipinski definition) is 3. The Hall–Kier alpha value is -0.610. The molecule has 0 spiro atoms. The van der Waals surface area contributed by atoms with Gasteiger partial charge in [-0.05, 0) is 39.2 Å². The van der Waals surface area contributed by atoms with Crippen LogP contribution >= 0.6 is 0 Å². The molecular formula is C14H26N2O2. The molecule has 3 N–H and O–H groups in total. The summed E-state index contributed by atoms with van der Waals surface area (Å²) in [6.07, 6.45) is 8.12. The van der Waals surface area contributed by atoms with Crippen molar-refractivity contribution < 1.29 is 9.90 Å². The Bertz CT molecular complexity index is 290. The molecule has 4 nitrogen and oxygen atoms in total. The molecule has 0 aromatic rings. The van der Waals surface area contributed by atoms with E-state index < -0.39 is 11.1 Å². The van der Waals surface area contributed by atoms with E-state index in [1.54, 1.807) is 0 Å². The van der Waals surface area contributed by atoms with Gasteiger partial charge in [0, 0.05) is 6.54 Å². The van der Waals surface area contributed by atoms with Gasteiger partial charge in [0.1, 0.15) is 0 Å². The molecule has 2 rings (SSSR count). The van der Waals surface area contributed by atoms with Crippen LogP contribution < -0.4 is 10.6 Å². The summed E-state index contributed by atoms with van der Waals surface area (Å²) in [5.74, 6) is 0.0395. The first-order chi connectivity index (χ1) is 8.54. The first-order valence-corrected chi connectivity index (χ1v) is 7.30. The van der Waals surface area contributed by atoms with Crippen LogP contribution in [-0.2, 0) is 4.79 Å². The van der Waals surface area contributed by atoms with Crippen molar-refractivity contribution in [3.63, 3.8) is 0 Å². The standard InChI is InChI=1S/C14H26N2O2/c1-13(7-6-10-16-13)12(17)15-11-14(18)8-4-2-3-5-9-14/h16,18H,2-11H2,1H3,(H,15,17). The number of carbonyl (C=O) groups excluding carboxylic acids is 1. The van der Waals surface area contributed by atoms with Crippen LogP contribution in [-0.4, -0.2) is 35.2 Å². The number of rotatable bonds is 3. The van der Waals surface area contributed by atoms with Crippen LogP contribution in [0.2, 0.25) is 0 Å². The van der Waals surface area contributed by atoms with Gasteiger partial charge in [0.05, 0.1) is 11.1 Å². The molecule has 0 aromatic heterocycles. The first-order valence-electron chi connectivity index (χ1n) is 7.30. The lowest BCUT2D eigenvalue weighted by Gasteiger charge is -2.30. The smallest absolute Gasteiger partial charge is 0.240 e. The molecule has 1 aliphatic heterocycles. The summed E-state index contributed by atoms with van der Waals surface area (Å²) in [6.45, 7) is 3.27. The van der Waals surface area contributed by atoms with E-state index in [-0.39, 0.29) is 5.91 Å². The average molecular weight is 254 g/mol. The fourth-order valence-corrected chi connectivity index (χ4v) is 3.09. The summed E-state index contributed by atoms with van der Waals surface area (Å²) < 4.78 is 0. The Morgan fingerprint density at radius 1 is 1.17 bits per heavy atom. The van der Waals surface area contributed by atoms with Gasteiger partial charge in [0.15, 0.2) is 0 Å². The molecule has 0 aromatic carbocycles. The SMILES string of the molecule is CC1(C(=O)NCC2(O)CCCCCC2)CCCN1. The van der Waals surface area contributed by atoms with E-state index in [1.807, 2.05) is 6.92 Å². The Labute approximate surface area is 110 Å². The van der Waals surface area contributed by atoms with Crippen molar-refractivity contribution in [2.75, 3.05) is 13.1 Å². The van der Waals surface area contributed by atoms with E-state index in [4.69, 9.17) is 0 Å². The van der Waals surface area contributed by atoms with E-state index in [2.05, 4.69) is 10.6 Å². The van der Waals surface area contributed by atoms with E-state index in [1.165, 1.54) is 12.8 Å². The van der Waals surface area contributed by atoms with Crippen molar-refractivity contribution in [1.82, 2.24) is 10.6 Å². The molecule has 2 fully saturated rings. The van der Waals surface area contributed by atoms with Crippen LogP contribution in [0.5, 0.6) is 0 Å². The van der Waals surface area contributed by atoms with Gasteiger partial charge in [-0.1, -0.05) is 25.7 Å². The molecule has 18 heavy (non-hydrogen) atoms. The second-order valence-electron chi connectivity index (χ2n) is 6.18. The van der Waals surface area contributed by atoms with Gasteiger partial charge in [0.2, 0.25) is 5.91 Å². The summed E-state index contributed by atoms with van der Waals surface area (Å²) in [5.41, 5.74) is -1.11. The Balaban J connectivity index is 1.84. The Morgan fingerprint density at radius 2 is 1.83 bits per heavy atom. The van der Waals surface area contributed by atoms with Crippen molar-refractivity contribution in [3.05, 3.63) is 0 Å². The third-order valence-electron chi connectivity index (χ3n) is 4.48. The number of hydrogen-bond donors (Lipinski definition) is 3. The number of nitrogens with one attached hydrogen (secondary N) is 2. The van der Waals surface area contributed by atoms with E-state index in [0.29, 0.717) is 6.54 Å². The second kappa shape index (κ2) is 5.57. The third kappa shape index (κ3) is 3.23. The van der Waals surface area contributed by atoms with Gasteiger partial charge < -0.3 is 15.7 Å². The van der Waals surface area contributed by atoms with Crippen molar-refractivity contribution in [2.45, 2.75) is 69.4 Å². The van der Waals surface area contributed by atoms with Crippen LogP contribution in [0.15, 0.2) is 0 Å². The van der Waals surface area contributed by atoms with Gasteiger partial charge >= 0.3 is 0 Å². The Kier molecular flexibility index (Phi) is 4.28. The predicted molar refractivity (Wildman–Crippen MR) is 71.3 cm³/mol. The highest BCUT2D eigenvalue weighted by Gasteiger charge is 2.37. The lowest BCUT2D eigenvalue weighted by Crippen LogP contribution is -2.54. The maximum atomic E-state index is 12.2. The molecule has 1 amide bonds. The van der Waals surface area contributed by atoms with Gasteiger partial charge in [-0.3, -0.25) is 4.79 Å². The maximum absolute atomic E-state index is 12.2. The number of amides is 1. The minimum Gasteiger partial charge on any atom is -0.388 e. The highest BCUT2D eigenvalue weighted by Crippen LogP contribution is 2.27. The molecule has 4 heteroatoms. The first kappa shape index (κ1) is 13.8. The third-order valence-corrected chi connectivity index (χ3v) is 4.48. The molecule has 1 saturated carbocycles. The number of aliphatic hydroxyl groups is 1. The summed E-state index contributed by atoms with van der Waals surface area (Å²) >= 11 is 0. The van der Waals surface area contributed by atoms with Crippen molar-refractivity contribution in [2.24, 2.45) is 0 Å². The highest BCUT2D eigenvalue weighted by molar-refractivity contribution is 5.86. The van der Waals surface area contributed by atoms with Crippen LogP contribution in [0.3, 0.4) is 0 Å². The molecule has 2 aliphatic rings. The van der Waals surface area contributed by atoms with Crippen molar-refractivity contribution >= 4 is 5.91 Å². The van der Waals surface area contributed by atoms with Crippen LogP contribution in [0.4, 0.5) is 0 Å². The fraction of sp³-hybridized carbons (Fsp3) is 0.929. The maximum Gasteiger partial charge on any atom is 0.240 e. The summed E-state index contributed by atoms with van der Waals surface area (Å²) in [6, 6.07) is 0. The molecule has 1 aliphatic carbocycles. The molecular weight excluding hydrogens is 228 g/mol. The zero-order chi connectivity index (χ0) is 13.1. The van der Waals surface area contributed by atoms with Gasteiger partial charge in [-0.15, -0.1) is 0 Å². The highest BCUT2D eigenvalue weighted by atomic mass is 16.3. The lowest BCUT2D eigenvalue weighted by atomic mass is 9.93. The normalized spacial score (nSPS) is 31.9. The molecule has 0 radical (unpaired) electrons. The largest absolute Gasteiger partial charge is 0.388 e. The quantitative estimate of drug-likeness (QED) is 0.666. The molecule has 1 atom stereocenters. The van der Waals surface area contributed by atoms with Gasteiger partial charge in [0.25, 0.3) is 0 Å². The number of carbonyl (C=O) groups is 1. The summed E-state index contributed by atoms with van der Waals surface area (Å²) in [7, 11) is 0. The van der Waals surface area contributed by atoms with Crippen LogP contribution in [0.25, 0.3) is 0 Å². The minimum atomic E-state index is -0.679. The second-order valence-corrected chi connectivity index (χ2v) is 6.18. The van der Waals surface area contributed by atoms with Crippen LogP contribution in [0.1, 0.15) is 58.3 Å². The van der Waals surface area contributed by atoms with Crippen molar-refractivity contribution in [1.29, 1.82) is 0 Å². The molecule has 1 unspecified atom stereocenters. The summed E-state index contributed by atoms with van der Waals surface area (Å²) in [5, 5.41) is 16.7. The lowest BCUT2D eigenvalue weighted by molar-refractivity contribution is -0.127. The zero-order valence-electron chi connectivity index (χ0n) is 11.4. The van der Waals surface area contributed by atoms with E-state index >= 15 is 0 Å². The van der Waals surface area contributed by atoms with Gasteiger partial charge in [-0.25, -0.2) is 0 Å². The topological polar surface area (TPSA) is 61.4 Å². The Morgan fingerprint density at radius 3 is 2.39 bits per heavy atom. The van der Waals surface area contributed by atoms with Crippen molar-refractivity contribution in [3.8, 4) is 0 Å². The fourth-order valence-electron chi connectivity index (χ4n) is 3.09. The molecule has 1 heterocycles. The monoisotopic (exact) mass is 254 g/mol. The van der Waals surface area contributed by atoms with Crippen LogP contribution in [0, 0.1) is 0 Å².